The molecule has 0 bridgehead atoms. The van der Waals surface area contributed by atoms with Crippen LogP contribution in [-0.2, 0) is 30.7 Å². The number of aromatic nitrogens is 3. The first kappa shape index (κ1) is 20.5. The first-order valence-corrected chi connectivity index (χ1v) is 10.6. The lowest BCUT2D eigenvalue weighted by Gasteiger charge is -2.36. The van der Waals surface area contributed by atoms with Gasteiger partial charge in [-0.2, -0.15) is 13.2 Å². The van der Waals surface area contributed by atoms with Crippen molar-refractivity contribution in [1.29, 1.82) is 0 Å². The molecule has 2 aliphatic heterocycles. The van der Waals surface area contributed by atoms with E-state index in [1.54, 1.807) is 4.90 Å². The lowest BCUT2D eigenvalue weighted by Crippen LogP contribution is -2.46. The van der Waals surface area contributed by atoms with Crippen molar-refractivity contribution < 1.29 is 18.0 Å². The average molecular weight is 441 g/mol. The van der Waals surface area contributed by atoms with E-state index in [0.717, 1.165) is 24.2 Å². The molecule has 5 rings (SSSR count). The number of fused-ring (bicyclic) bond motifs is 2. The second-order valence-corrected chi connectivity index (χ2v) is 8.12. The Bertz CT molecular complexity index is 1130. The average Bonchev–Trinajstić information content (AvgIpc) is 3.38. The SMILES string of the molecule is O=C(C(c1ccccc1)N1CCc2ccccc21)N1CCn2c(nnc2CC(F)(F)F)C1. The first-order valence-electron chi connectivity index (χ1n) is 10.6. The Morgan fingerprint density at radius 3 is 2.50 bits per heavy atom. The van der Waals surface area contributed by atoms with E-state index < -0.39 is 18.6 Å². The minimum absolute atomic E-state index is 0.0838. The fraction of sp³-hybridized carbons (Fsp3) is 0.348. The minimum Gasteiger partial charge on any atom is -0.355 e. The Hall–Kier alpha value is -3.36. The number of amides is 1. The third-order valence-electron chi connectivity index (χ3n) is 6.08. The molecule has 0 radical (unpaired) electrons. The molecule has 6 nitrogen and oxygen atoms in total. The number of hydrogen-bond donors (Lipinski definition) is 0. The van der Waals surface area contributed by atoms with Gasteiger partial charge in [0.1, 0.15) is 18.3 Å². The summed E-state index contributed by atoms with van der Waals surface area (Å²) in [5, 5.41) is 7.68. The number of carbonyl (C=O) groups is 1. The van der Waals surface area contributed by atoms with Crippen LogP contribution >= 0.6 is 0 Å². The molecule has 2 aromatic carbocycles. The lowest BCUT2D eigenvalue weighted by molar-refractivity contribution is -0.135. The van der Waals surface area contributed by atoms with Gasteiger partial charge < -0.3 is 14.4 Å². The quantitative estimate of drug-likeness (QED) is 0.622. The molecule has 0 fully saturated rings. The zero-order valence-corrected chi connectivity index (χ0v) is 17.3. The van der Waals surface area contributed by atoms with Gasteiger partial charge in [0, 0.05) is 25.3 Å². The Kier molecular flexibility index (Phi) is 5.11. The number of anilines is 1. The molecule has 3 aromatic rings. The highest BCUT2D eigenvalue weighted by Gasteiger charge is 2.37. The van der Waals surface area contributed by atoms with Crippen LogP contribution in [-0.4, -0.2) is 44.8 Å². The van der Waals surface area contributed by atoms with E-state index in [-0.39, 0.29) is 24.8 Å². The van der Waals surface area contributed by atoms with E-state index in [9.17, 15) is 18.0 Å². The van der Waals surface area contributed by atoms with Crippen LogP contribution in [0.4, 0.5) is 18.9 Å². The Morgan fingerprint density at radius 1 is 0.969 bits per heavy atom. The van der Waals surface area contributed by atoms with Crippen molar-refractivity contribution in [2.75, 3.05) is 18.0 Å². The van der Waals surface area contributed by atoms with Crippen molar-refractivity contribution >= 4 is 11.6 Å². The molecule has 2 aliphatic rings. The number of alkyl halides is 3. The molecule has 0 spiro atoms. The van der Waals surface area contributed by atoms with Gasteiger partial charge in [0.2, 0.25) is 5.91 Å². The summed E-state index contributed by atoms with van der Waals surface area (Å²) in [6, 6.07) is 17.2. The van der Waals surface area contributed by atoms with Gasteiger partial charge in [-0.05, 0) is 23.6 Å². The van der Waals surface area contributed by atoms with Crippen LogP contribution in [0.25, 0.3) is 0 Å². The molecule has 0 saturated carbocycles. The number of nitrogens with zero attached hydrogens (tertiary/aromatic N) is 5. The summed E-state index contributed by atoms with van der Waals surface area (Å²) in [6.45, 7) is 1.43. The molecule has 3 heterocycles. The third kappa shape index (κ3) is 3.83. The van der Waals surface area contributed by atoms with Crippen LogP contribution in [0.5, 0.6) is 0 Å². The fourth-order valence-electron chi connectivity index (χ4n) is 4.61. The van der Waals surface area contributed by atoms with Gasteiger partial charge in [-0.1, -0.05) is 48.5 Å². The maximum absolute atomic E-state index is 13.8. The van der Waals surface area contributed by atoms with Crippen molar-refractivity contribution in [1.82, 2.24) is 19.7 Å². The van der Waals surface area contributed by atoms with Gasteiger partial charge >= 0.3 is 6.18 Å². The Labute approximate surface area is 183 Å². The fourth-order valence-corrected chi connectivity index (χ4v) is 4.61. The first-order chi connectivity index (χ1) is 15.4. The number of para-hydroxylation sites is 1. The van der Waals surface area contributed by atoms with Crippen molar-refractivity contribution in [2.24, 2.45) is 0 Å². The highest BCUT2D eigenvalue weighted by molar-refractivity contribution is 5.87. The zero-order chi connectivity index (χ0) is 22.3. The van der Waals surface area contributed by atoms with Crippen LogP contribution in [0, 0.1) is 0 Å². The molecule has 0 N–H and O–H groups in total. The molecule has 166 valence electrons. The van der Waals surface area contributed by atoms with Crippen LogP contribution < -0.4 is 4.90 Å². The molecule has 0 saturated heterocycles. The number of halogens is 3. The summed E-state index contributed by atoms with van der Waals surface area (Å²) in [5.41, 5.74) is 3.14. The van der Waals surface area contributed by atoms with E-state index in [1.165, 1.54) is 10.1 Å². The second kappa shape index (κ2) is 7.96. The summed E-state index contributed by atoms with van der Waals surface area (Å²) in [5.74, 6) is 0.199. The van der Waals surface area contributed by atoms with Crippen molar-refractivity contribution in [3.8, 4) is 0 Å². The molecular formula is C23H22F3N5O. The molecule has 1 amide bonds. The standard InChI is InChI=1S/C23H22F3N5O/c24-23(25,26)14-19-27-28-20-15-29(12-13-31(19)20)22(32)21(17-7-2-1-3-8-17)30-11-10-16-6-4-5-9-18(16)30/h1-9,21H,10-15H2. The predicted molar refractivity (Wildman–Crippen MR) is 112 cm³/mol. The molecule has 1 unspecified atom stereocenters. The second-order valence-electron chi connectivity index (χ2n) is 8.12. The van der Waals surface area contributed by atoms with Gasteiger partial charge in [-0.15, -0.1) is 10.2 Å². The van der Waals surface area contributed by atoms with E-state index in [1.807, 2.05) is 48.5 Å². The normalized spacial score (nSPS) is 16.6. The molecule has 1 atom stereocenters. The summed E-state index contributed by atoms with van der Waals surface area (Å²) in [4.78, 5) is 17.6. The van der Waals surface area contributed by atoms with Gasteiger partial charge in [0.05, 0.1) is 6.54 Å². The van der Waals surface area contributed by atoms with E-state index >= 15 is 0 Å². The van der Waals surface area contributed by atoms with E-state index in [4.69, 9.17) is 0 Å². The van der Waals surface area contributed by atoms with Gasteiger partial charge in [0.25, 0.3) is 0 Å². The van der Waals surface area contributed by atoms with Gasteiger partial charge in [0.15, 0.2) is 5.82 Å². The Morgan fingerprint density at radius 2 is 1.72 bits per heavy atom. The van der Waals surface area contributed by atoms with Crippen molar-refractivity contribution in [2.45, 2.75) is 38.1 Å². The number of rotatable bonds is 4. The van der Waals surface area contributed by atoms with Gasteiger partial charge in [-0.25, -0.2) is 0 Å². The minimum atomic E-state index is -4.35. The van der Waals surface area contributed by atoms with Crippen LogP contribution in [0.2, 0.25) is 0 Å². The largest absolute Gasteiger partial charge is 0.396 e. The predicted octanol–water partition coefficient (Wildman–Crippen LogP) is 3.53. The summed E-state index contributed by atoms with van der Waals surface area (Å²) in [7, 11) is 0. The molecule has 32 heavy (non-hydrogen) atoms. The monoisotopic (exact) mass is 441 g/mol. The number of benzene rings is 2. The third-order valence-corrected chi connectivity index (χ3v) is 6.08. The highest BCUT2D eigenvalue weighted by Crippen LogP contribution is 2.36. The highest BCUT2D eigenvalue weighted by atomic mass is 19.4. The maximum atomic E-state index is 13.8. The Balaban J connectivity index is 1.43. The van der Waals surface area contributed by atoms with Crippen LogP contribution in [0.1, 0.15) is 28.8 Å². The van der Waals surface area contributed by atoms with E-state index in [0.29, 0.717) is 12.4 Å². The molecular weight excluding hydrogens is 419 g/mol. The van der Waals surface area contributed by atoms with Crippen molar-refractivity contribution in [3.63, 3.8) is 0 Å². The van der Waals surface area contributed by atoms with Crippen LogP contribution in [0.3, 0.4) is 0 Å². The summed E-state index contributed by atoms with van der Waals surface area (Å²) >= 11 is 0. The van der Waals surface area contributed by atoms with Gasteiger partial charge in [-0.3, -0.25) is 4.79 Å². The smallest absolute Gasteiger partial charge is 0.355 e. The number of carbonyl (C=O) groups excluding carboxylic acids is 1. The molecule has 0 aliphatic carbocycles. The topological polar surface area (TPSA) is 54.3 Å². The molecule has 1 aromatic heterocycles. The summed E-state index contributed by atoms with van der Waals surface area (Å²) < 4.78 is 40.0. The number of hydrogen-bond acceptors (Lipinski definition) is 4. The zero-order valence-electron chi connectivity index (χ0n) is 17.3. The van der Waals surface area contributed by atoms with Crippen molar-refractivity contribution in [3.05, 3.63) is 77.4 Å². The van der Waals surface area contributed by atoms with E-state index in [2.05, 4.69) is 21.2 Å². The summed E-state index contributed by atoms with van der Waals surface area (Å²) in [6.07, 6.45) is -4.61. The maximum Gasteiger partial charge on any atom is 0.396 e. The molecule has 9 heteroatoms. The lowest BCUT2D eigenvalue weighted by atomic mass is 10.0. The van der Waals surface area contributed by atoms with Crippen LogP contribution in [0.15, 0.2) is 54.6 Å².